The summed E-state index contributed by atoms with van der Waals surface area (Å²) in [7, 11) is 1.69. The predicted molar refractivity (Wildman–Crippen MR) is 61.0 cm³/mol. The summed E-state index contributed by atoms with van der Waals surface area (Å²) in [6, 6.07) is 0.472. The topological polar surface area (TPSA) is 39.1 Å². The van der Waals surface area contributed by atoms with Gasteiger partial charge in [-0.2, -0.15) is 5.10 Å². The Labute approximate surface area is 91.6 Å². The molecule has 0 saturated heterocycles. The summed E-state index contributed by atoms with van der Waals surface area (Å²) in [5, 5.41) is 7.69. The largest absolute Gasteiger partial charge is 0.493 e. The van der Waals surface area contributed by atoms with E-state index >= 15 is 0 Å². The lowest BCUT2D eigenvalue weighted by atomic mass is 10.3. The molecule has 15 heavy (non-hydrogen) atoms. The number of nitrogens with zero attached hydrogens (tertiary/aromatic N) is 2. The van der Waals surface area contributed by atoms with Crippen molar-refractivity contribution in [2.45, 2.75) is 46.3 Å². The van der Waals surface area contributed by atoms with E-state index in [1.165, 1.54) is 0 Å². The van der Waals surface area contributed by atoms with Crippen molar-refractivity contribution in [1.29, 1.82) is 0 Å². The highest BCUT2D eigenvalue weighted by Crippen LogP contribution is 2.17. The Morgan fingerprint density at radius 2 is 2.27 bits per heavy atom. The molecule has 0 amide bonds. The first kappa shape index (κ1) is 12.0. The van der Waals surface area contributed by atoms with Crippen molar-refractivity contribution in [3.05, 3.63) is 11.9 Å². The normalized spacial score (nSPS) is 11.0. The van der Waals surface area contributed by atoms with Crippen molar-refractivity contribution in [1.82, 2.24) is 15.1 Å². The van der Waals surface area contributed by atoms with E-state index in [0.717, 1.165) is 31.0 Å². The minimum Gasteiger partial charge on any atom is -0.493 e. The first-order valence-electron chi connectivity index (χ1n) is 5.51. The number of hydrogen-bond acceptors (Lipinski definition) is 3. The molecule has 4 heteroatoms. The van der Waals surface area contributed by atoms with Gasteiger partial charge in [0.1, 0.15) is 0 Å². The molecule has 0 fully saturated rings. The molecule has 1 aromatic rings. The van der Waals surface area contributed by atoms with E-state index in [4.69, 9.17) is 4.74 Å². The minimum atomic E-state index is 0.472. The first-order chi connectivity index (χ1) is 7.19. The molecule has 1 aromatic heterocycles. The second-order valence-corrected chi connectivity index (χ2v) is 3.92. The highest BCUT2D eigenvalue weighted by molar-refractivity contribution is 5.25. The third-order valence-corrected chi connectivity index (χ3v) is 2.24. The Morgan fingerprint density at radius 3 is 2.80 bits per heavy atom. The molecule has 4 nitrogen and oxygen atoms in total. The van der Waals surface area contributed by atoms with E-state index in [-0.39, 0.29) is 0 Å². The fraction of sp³-hybridized carbons (Fsp3) is 0.727. The highest BCUT2D eigenvalue weighted by Gasteiger charge is 2.10. The van der Waals surface area contributed by atoms with Gasteiger partial charge in [0.15, 0.2) is 5.75 Å². The summed E-state index contributed by atoms with van der Waals surface area (Å²) in [6.45, 7) is 8.16. The Hall–Kier alpha value is -1.03. The number of aromatic nitrogens is 2. The second kappa shape index (κ2) is 5.75. The average molecular weight is 211 g/mol. The van der Waals surface area contributed by atoms with Crippen molar-refractivity contribution in [3.63, 3.8) is 0 Å². The van der Waals surface area contributed by atoms with Crippen molar-refractivity contribution in [3.8, 4) is 5.75 Å². The molecular formula is C11H21N3O. The van der Waals surface area contributed by atoms with Crippen molar-refractivity contribution >= 4 is 0 Å². The van der Waals surface area contributed by atoms with Crippen molar-refractivity contribution in [2.24, 2.45) is 0 Å². The van der Waals surface area contributed by atoms with E-state index < -0.39 is 0 Å². The summed E-state index contributed by atoms with van der Waals surface area (Å²) in [5.41, 5.74) is 1.13. The third-order valence-electron chi connectivity index (χ3n) is 2.24. The van der Waals surface area contributed by atoms with Crippen LogP contribution >= 0.6 is 0 Å². The second-order valence-electron chi connectivity index (χ2n) is 3.92. The molecule has 1 rings (SSSR count). The van der Waals surface area contributed by atoms with Crippen LogP contribution in [0.4, 0.5) is 0 Å². The monoisotopic (exact) mass is 211 g/mol. The molecule has 0 unspecified atom stereocenters. The fourth-order valence-electron chi connectivity index (χ4n) is 1.45. The van der Waals surface area contributed by atoms with Crippen LogP contribution in [0.25, 0.3) is 0 Å². The van der Waals surface area contributed by atoms with Gasteiger partial charge in [-0.3, -0.25) is 4.68 Å². The standard InChI is InChI=1S/C11H21N3O/c1-5-6-14-10(7-12-9(2)3)11(15-4)8-13-14/h8-9,12H,5-7H2,1-4H3. The van der Waals surface area contributed by atoms with Crippen LogP contribution in [0.1, 0.15) is 32.9 Å². The van der Waals surface area contributed by atoms with E-state index in [9.17, 15) is 0 Å². The van der Waals surface area contributed by atoms with Crippen molar-refractivity contribution in [2.75, 3.05) is 7.11 Å². The fourth-order valence-corrected chi connectivity index (χ4v) is 1.45. The summed E-state index contributed by atoms with van der Waals surface area (Å²) in [6.07, 6.45) is 2.87. The number of nitrogens with one attached hydrogen (secondary N) is 1. The first-order valence-corrected chi connectivity index (χ1v) is 5.51. The molecule has 1 N–H and O–H groups in total. The Kier molecular flexibility index (Phi) is 4.62. The van der Waals surface area contributed by atoms with Gasteiger partial charge in [0.2, 0.25) is 0 Å². The number of rotatable bonds is 6. The molecule has 0 aromatic carbocycles. The zero-order valence-corrected chi connectivity index (χ0v) is 10.1. The SMILES string of the molecule is CCCn1ncc(OC)c1CNC(C)C. The van der Waals surface area contributed by atoms with Crippen LogP contribution in [-0.4, -0.2) is 22.9 Å². The predicted octanol–water partition coefficient (Wildman–Crippen LogP) is 1.80. The van der Waals surface area contributed by atoms with E-state index in [0.29, 0.717) is 6.04 Å². The van der Waals surface area contributed by atoms with Gasteiger partial charge in [-0.05, 0) is 6.42 Å². The number of methoxy groups -OCH3 is 1. The number of hydrogen-bond donors (Lipinski definition) is 1. The van der Waals surface area contributed by atoms with Crippen LogP contribution in [0.5, 0.6) is 5.75 Å². The van der Waals surface area contributed by atoms with Crippen LogP contribution in [0.3, 0.4) is 0 Å². The molecule has 0 radical (unpaired) electrons. The third kappa shape index (κ3) is 3.23. The van der Waals surface area contributed by atoms with Crippen molar-refractivity contribution < 1.29 is 4.74 Å². The molecule has 0 spiro atoms. The molecule has 0 bridgehead atoms. The lowest BCUT2D eigenvalue weighted by molar-refractivity contribution is 0.402. The Bertz CT molecular complexity index is 294. The maximum absolute atomic E-state index is 5.28. The van der Waals surface area contributed by atoms with Gasteiger partial charge in [-0.15, -0.1) is 0 Å². The molecule has 0 atom stereocenters. The molecule has 0 aliphatic rings. The van der Waals surface area contributed by atoms with Gasteiger partial charge in [0.25, 0.3) is 0 Å². The zero-order chi connectivity index (χ0) is 11.3. The highest BCUT2D eigenvalue weighted by atomic mass is 16.5. The van der Waals surface area contributed by atoms with Crippen LogP contribution < -0.4 is 10.1 Å². The molecule has 0 aliphatic heterocycles. The van der Waals surface area contributed by atoms with Gasteiger partial charge in [-0.25, -0.2) is 0 Å². The smallest absolute Gasteiger partial charge is 0.161 e. The summed E-state index contributed by atoms with van der Waals surface area (Å²) in [5.74, 6) is 0.872. The summed E-state index contributed by atoms with van der Waals surface area (Å²) >= 11 is 0. The maximum atomic E-state index is 5.28. The van der Waals surface area contributed by atoms with E-state index in [1.54, 1.807) is 13.3 Å². The van der Waals surface area contributed by atoms with Crippen LogP contribution in [0.2, 0.25) is 0 Å². The molecule has 0 aliphatic carbocycles. The van der Waals surface area contributed by atoms with Crippen LogP contribution in [-0.2, 0) is 13.1 Å². The maximum Gasteiger partial charge on any atom is 0.161 e. The van der Waals surface area contributed by atoms with Crippen LogP contribution in [0.15, 0.2) is 6.20 Å². The average Bonchev–Trinajstić information content (AvgIpc) is 2.58. The number of ether oxygens (including phenoxy) is 1. The van der Waals surface area contributed by atoms with Gasteiger partial charge < -0.3 is 10.1 Å². The van der Waals surface area contributed by atoms with E-state index in [1.807, 2.05) is 4.68 Å². The quantitative estimate of drug-likeness (QED) is 0.780. The van der Waals surface area contributed by atoms with Crippen LogP contribution in [0, 0.1) is 0 Å². The van der Waals surface area contributed by atoms with Gasteiger partial charge in [0.05, 0.1) is 19.0 Å². The summed E-state index contributed by atoms with van der Waals surface area (Å²) < 4.78 is 7.29. The lowest BCUT2D eigenvalue weighted by Crippen LogP contribution is -2.24. The minimum absolute atomic E-state index is 0.472. The molecular weight excluding hydrogens is 190 g/mol. The Balaban J connectivity index is 2.75. The van der Waals surface area contributed by atoms with Gasteiger partial charge in [-0.1, -0.05) is 20.8 Å². The zero-order valence-electron chi connectivity index (χ0n) is 10.1. The lowest BCUT2D eigenvalue weighted by Gasteiger charge is -2.11. The molecule has 0 saturated carbocycles. The van der Waals surface area contributed by atoms with Gasteiger partial charge >= 0.3 is 0 Å². The van der Waals surface area contributed by atoms with E-state index in [2.05, 4.69) is 31.2 Å². The molecule has 1 heterocycles. The van der Waals surface area contributed by atoms with Gasteiger partial charge in [0, 0.05) is 19.1 Å². The molecule has 86 valence electrons. The Morgan fingerprint density at radius 1 is 1.53 bits per heavy atom. The number of aryl methyl sites for hydroxylation is 1. The summed E-state index contributed by atoms with van der Waals surface area (Å²) in [4.78, 5) is 0.